The Bertz CT molecular complexity index is 519. The molecule has 0 aromatic carbocycles. The third-order valence-corrected chi connectivity index (χ3v) is 3.19. The Kier molecular flexibility index (Phi) is 43.7. The quantitative estimate of drug-likeness (QED) is 0.103. The van der Waals surface area contributed by atoms with Gasteiger partial charge in [0.15, 0.2) is 0 Å². The third-order valence-electron chi connectivity index (χ3n) is 2.73. The van der Waals surface area contributed by atoms with Gasteiger partial charge in [-0.1, -0.05) is 64.7 Å². The number of hydrogen-bond donors (Lipinski definition) is 3. The molecule has 6 N–H and O–H groups in total. The maximum atomic E-state index is 10.2. The van der Waals surface area contributed by atoms with E-state index in [4.69, 9.17) is 37.1 Å². The summed E-state index contributed by atoms with van der Waals surface area (Å²) in [7, 11) is -9.40. The van der Waals surface area contributed by atoms with Crippen LogP contribution >= 0.6 is 0 Å². The van der Waals surface area contributed by atoms with E-state index in [2.05, 4.69) is 11.1 Å². The van der Waals surface area contributed by atoms with Crippen molar-refractivity contribution in [3.8, 4) is 0 Å². The predicted molar refractivity (Wildman–Crippen MR) is 93.8 cm³/mol. The van der Waals surface area contributed by atoms with E-state index in [0.29, 0.717) is 6.42 Å². The van der Waals surface area contributed by atoms with Gasteiger partial charge in [-0.2, -0.15) is 8.42 Å². The standard InChI is InChI=1S/C12H26O4S.CH2O3.H3N.2Na.H2O4S/c1-2-3-4-5-6-7-8-9-10-11-12-16-17(13,14)15;2-1(3)4;;;;1-5(2,3)4/h2-12H2,1H3,(H,13,14,15);(H2,2,3,4);1H3;;;(H2,1,2,3,4)/q;;;2*+1;/p-2. The Labute approximate surface area is 217 Å². The normalized spacial score (nSPS) is 9.79. The summed E-state index contributed by atoms with van der Waals surface area (Å²) in [5.41, 5.74) is 0. The van der Waals surface area contributed by atoms with Gasteiger partial charge in [0.05, 0.1) is 6.61 Å². The van der Waals surface area contributed by atoms with Gasteiger partial charge in [-0.15, -0.1) is 0 Å². The molecule has 0 aromatic rings. The molecular formula is C13H31NNa2O11S2. The van der Waals surface area contributed by atoms with E-state index in [0.717, 1.165) is 12.8 Å². The number of unbranched alkanes of at least 4 members (excludes halogenated alkanes) is 9. The first-order valence-electron chi connectivity index (χ1n) is 7.98. The summed E-state index contributed by atoms with van der Waals surface area (Å²) in [6.07, 6.45) is 9.77. The molecule has 0 amide bonds. The molecule has 0 aliphatic carbocycles. The van der Waals surface area contributed by atoms with E-state index in [1.54, 1.807) is 0 Å². The van der Waals surface area contributed by atoms with Crippen LogP contribution in [0.3, 0.4) is 0 Å². The van der Waals surface area contributed by atoms with Crippen molar-refractivity contribution in [2.45, 2.75) is 71.1 Å². The molecular weight excluding hydrogens is 456 g/mol. The fraction of sp³-hybridized carbons (Fsp3) is 0.923. The average Bonchev–Trinajstić information content (AvgIpc) is 2.41. The van der Waals surface area contributed by atoms with Gasteiger partial charge in [0, 0.05) is 10.4 Å². The molecule has 0 aliphatic rings. The van der Waals surface area contributed by atoms with Crippen LogP contribution in [0.1, 0.15) is 71.1 Å². The fourth-order valence-electron chi connectivity index (χ4n) is 1.75. The van der Waals surface area contributed by atoms with Gasteiger partial charge < -0.3 is 30.3 Å². The van der Waals surface area contributed by atoms with Crippen LogP contribution in [0, 0.1) is 0 Å². The smallest absolute Gasteiger partial charge is 0.759 e. The van der Waals surface area contributed by atoms with Crippen LogP contribution in [0.25, 0.3) is 0 Å². The Hall–Kier alpha value is 0.970. The summed E-state index contributed by atoms with van der Waals surface area (Å²) < 4.78 is 67.1. The van der Waals surface area contributed by atoms with Gasteiger partial charge in [0.1, 0.15) is 0 Å². The van der Waals surface area contributed by atoms with Crippen LogP contribution in [0.4, 0.5) is 4.79 Å². The Morgan fingerprint density at radius 3 is 1.31 bits per heavy atom. The minimum absolute atomic E-state index is 0. The molecule has 0 aromatic heterocycles. The molecule has 0 aliphatic heterocycles. The average molecular weight is 488 g/mol. The summed E-state index contributed by atoms with van der Waals surface area (Å²) in [5.74, 6) is 0. The molecule has 168 valence electrons. The third kappa shape index (κ3) is 94.0. The molecule has 0 radical (unpaired) electrons. The van der Waals surface area contributed by atoms with Crippen LogP contribution < -0.4 is 70.4 Å². The maximum Gasteiger partial charge on any atom is 1.00 e. The second kappa shape index (κ2) is 29.0. The monoisotopic (exact) mass is 487 g/mol. The minimum atomic E-state index is -5.17. The zero-order valence-corrected chi connectivity index (χ0v) is 23.3. The summed E-state index contributed by atoms with van der Waals surface area (Å²) in [6.45, 7) is 2.31. The number of rotatable bonds is 12. The molecule has 0 bridgehead atoms. The first-order chi connectivity index (χ1) is 11.8. The van der Waals surface area contributed by atoms with Crippen molar-refractivity contribution in [3.63, 3.8) is 0 Å². The number of carbonyl (C=O) groups is 1. The molecule has 0 rings (SSSR count). The van der Waals surface area contributed by atoms with Gasteiger partial charge in [-0.3, -0.25) is 13.0 Å². The van der Waals surface area contributed by atoms with Crippen LogP contribution in [-0.2, 0) is 25.0 Å². The van der Waals surface area contributed by atoms with Crippen molar-refractivity contribution in [1.82, 2.24) is 6.15 Å². The summed E-state index contributed by atoms with van der Waals surface area (Å²) in [6, 6.07) is 0. The predicted octanol–water partition coefficient (Wildman–Crippen LogP) is -4.34. The van der Waals surface area contributed by atoms with Gasteiger partial charge in [0.25, 0.3) is 0 Å². The number of quaternary nitrogens is 1. The molecule has 0 unspecified atom stereocenters. The Balaban J connectivity index is -0.0000000931. The molecule has 0 saturated heterocycles. The first-order valence-corrected chi connectivity index (χ1v) is 10.7. The Morgan fingerprint density at radius 1 is 0.828 bits per heavy atom. The van der Waals surface area contributed by atoms with Crippen LogP contribution in [0.15, 0.2) is 0 Å². The summed E-state index contributed by atoms with van der Waals surface area (Å²) in [4.78, 5) is 8.44. The first kappa shape index (κ1) is 43.8. The summed E-state index contributed by atoms with van der Waals surface area (Å²) in [5, 5.41) is 15.3. The van der Waals surface area contributed by atoms with E-state index in [1.807, 2.05) is 0 Å². The van der Waals surface area contributed by atoms with Gasteiger partial charge in [0.2, 0.25) is 6.16 Å². The number of carboxylic acid groups (broad SMARTS) is 2. The second-order valence-corrected chi connectivity index (χ2v) is 7.01. The van der Waals surface area contributed by atoms with Crippen molar-refractivity contribution >= 4 is 27.0 Å². The van der Waals surface area contributed by atoms with Crippen LogP contribution in [-0.4, -0.2) is 48.4 Å². The molecule has 0 spiro atoms. The Morgan fingerprint density at radius 2 is 1.07 bits per heavy atom. The van der Waals surface area contributed by atoms with Crippen molar-refractivity contribution in [1.29, 1.82) is 0 Å². The van der Waals surface area contributed by atoms with Gasteiger partial charge in [-0.05, 0) is 6.42 Å². The number of hydrogen-bond acceptors (Lipinski definition) is 9. The molecule has 0 saturated carbocycles. The zero-order valence-electron chi connectivity index (χ0n) is 17.7. The van der Waals surface area contributed by atoms with E-state index < -0.39 is 27.0 Å². The molecule has 16 heteroatoms. The molecule has 0 atom stereocenters. The van der Waals surface area contributed by atoms with E-state index in [9.17, 15) is 8.42 Å². The topological polar surface area (TPSA) is 241 Å². The second-order valence-electron chi connectivity index (χ2n) is 5.11. The molecule has 12 nitrogen and oxygen atoms in total. The molecule has 0 fully saturated rings. The van der Waals surface area contributed by atoms with E-state index in [-0.39, 0.29) is 71.9 Å². The van der Waals surface area contributed by atoms with Crippen LogP contribution in [0.5, 0.6) is 0 Å². The minimum Gasteiger partial charge on any atom is -0.759 e. The van der Waals surface area contributed by atoms with E-state index in [1.165, 1.54) is 44.9 Å². The SMILES string of the molecule is CCCCCCCCCCCCOS(=O)(=O)O.O=C([O-])O.O=S(=O)([O-])[O-].[NH4+].[Na+].[Na+]. The van der Waals surface area contributed by atoms with Gasteiger partial charge in [-0.25, -0.2) is 4.18 Å². The van der Waals surface area contributed by atoms with Crippen molar-refractivity contribution in [3.05, 3.63) is 0 Å². The van der Waals surface area contributed by atoms with Crippen molar-refractivity contribution in [2.75, 3.05) is 6.61 Å². The van der Waals surface area contributed by atoms with Crippen molar-refractivity contribution < 1.29 is 109 Å². The molecule has 0 heterocycles. The fourth-order valence-corrected chi connectivity index (χ4v) is 2.08. The zero-order chi connectivity index (χ0) is 21.1. The van der Waals surface area contributed by atoms with Crippen molar-refractivity contribution in [2.24, 2.45) is 0 Å². The summed E-state index contributed by atoms with van der Waals surface area (Å²) >= 11 is 0. The maximum absolute atomic E-state index is 10.2. The molecule has 29 heavy (non-hydrogen) atoms. The van der Waals surface area contributed by atoms with Gasteiger partial charge >= 0.3 is 69.5 Å². The van der Waals surface area contributed by atoms with Crippen LogP contribution in [0.2, 0.25) is 0 Å². The van der Waals surface area contributed by atoms with E-state index >= 15 is 0 Å². The largest absolute Gasteiger partial charge is 1.00 e.